The Labute approximate surface area is 216 Å². The molecule has 1 aliphatic rings. The van der Waals surface area contributed by atoms with Crippen LogP contribution in [-0.2, 0) is 11.0 Å². The Hall–Kier alpha value is -4.60. The Morgan fingerprint density at radius 1 is 1.05 bits per heavy atom. The highest BCUT2D eigenvalue weighted by atomic mass is 19.4. The van der Waals surface area contributed by atoms with Gasteiger partial charge in [0.05, 0.1) is 11.1 Å². The Bertz CT molecular complexity index is 1540. The number of carbonyl (C=O) groups is 2. The largest absolute Gasteiger partial charge is 0.416 e. The summed E-state index contributed by atoms with van der Waals surface area (Å²) in [6.07, 6.45) is 2.35. The van der Waals surface area contributed by atoms with Crippen LogP contribution in [0.5, 0.6) is 0 Å². The summed E-state index contributed by atoms with van der Waals surface area (Å²) in [5, 5.41) is 3.29. The molecule has 0 radical (unpaired) electrons. The van der Waals surface area contributed by atoms with Gasteiger partial charge in [-0.3, -0.25) is 14.6 Å². The lowest BCUT2D eigenvalue weighted by Crippen LogP contribution is -2.26. The molecule has 0 saturated carbocycles. The Balaban J connectivity index is 1.40. The number of hydrogen-bond acceptors (Lipinski definition) is 5. The highest BCUT2D eigenvalue weighted by Gasteiger charge is 2.31. The normalized spacial score (nSPS) is 15.4. The molecule has 1 aliphatic heterocycles. The highest BCUT2D eigenvalue weighted by Crippen LogP contribution is 2.35. The lowest BCUT2D eigenvalue weighted by atomic mass is 9.92. The number of nitrogens with one attached hydrogen (secondary N) is 1. The van der Waals surface area contributed by atoms with Gasteiger partial charge < -0.3 is 10.2 Å². The first-order valence-electron chi connectivity index (χ1n) is 11.8. The summed E-state index contributed by atoms with van der Waals surface area (Å²) < 4.78 is 38.9. The maximum absolute atomic E-state index is 13.0. The molecule has 2 amide bonds. The van der Waals surface area contributed by atoms with E-state index >= 15 is 0 Å². The predicted octanol–water partition coefficient (Wildman–Crippen LogP) is 5.46. The number of benzene rings is 2. The van der Waals surface area contributed by atoms with E-state index in [2.05, 4.69) is 26.8 Å². The Morgan fingerprint density at radius 2 is 1.89 bits per heavy atom. The number of nitrogens with zero attached hydrogens (tertiary/aromatic N) is 4. The molecule has 1 atom stereocenters. The highest BCUT2D eigenvalue weighted by molar-refractivity contribution is 6.03. The number of fused-ring (bicyclic) bond motifs is 1. The quantitative estimate of drug-likeness (QED) is 0.355. The van der Waals surface area contributed by atoms with Gasteiger partial charge in [-0.05, 0) is 60.0 Å². The van der Waals surface area contributed by atoms with Gasteiger partial charge in [0.1, 0.15) is 12.0 Å². The van der Waals surface area contributed by atoms with Crippen LogP contribution in [0.3, 0.4) is 0 Å². The summed E-state index contributed by atoms with van der Waals surface area (Å²) in [6.45, 7) is 4.75. The van der Waals surface area contributed by atoms with Crippen LogP contribution in [0.2, 0.25) is 0 Å². The third kappa shape index (κ3) is 5.10. The minimum absolute atomic E-state index is 0.0235. The number of likely N-dealkylation sites (tertiary alicyclic amines) is 1. The SMILES string of the molecule is C=CC(=O)N1CCC(c2cc(-c3ccc(C(=O)Nc4cccc(C(F)(F)F)c4)nc3)cc3cncnc23)C1. The number of carbonyl (C=O) groups excluding carboxylic acids is 2. The van der Waals surface area contributed by atoms with Gasteiger partial charge in [0.2, 0.25) is 5.91 Å². The minimum Gasteiger partial charge on any atom is -0.339 e. The van der Waals surface area contributed by atoms with E-state index in [0.717, 1.165) is 46.1 Å². The molecule has 1 N–H and O–H groups in total. The number of aromatic nitrogens is 3. The predicted molar refractivity (Wildman–Crippen MR) is 136 cm³/mol. The number of alkyl halides is 3. The molecular weight excluding hydrogens is 495 g/mol. The molecule has 1 saturated heterocycles. The molecule has 10 heteroatoms. The molecule has 1 unspecified atom stereocenters. The number of amides is 2. The van der Waals surface area contributed by atoms with E-state index in [-0.39, 0.29) is 23.2 Å². The standard InChI is InChI=1S/C28H22F3N5O2/c1-2-25(37)36-9-8-18(15-36)23-11-19(10-20-13-32-16-34-26(20)23)17-6-7-24(33-14-17)27(38)35-22-5-3-4-21(12-22)28(29,30)31/h2-7,10-14,16,18H,1,8-9,15H2,(H,35,38). The van der Waals surface area contributed by atoms with Crippen molar-refractivity contribution in [1.82, 2.24) is 19.9 Å². The summed E-state index contributed by atoms with van der Waals surface area (Å²) in [4.78, 5) is 39.3. The molecular formula is C28H22F3N5O2. The number of pyridine rings is 1. The van der Waals surface area contributed by atoms with Crippen LogP contribution >= 0.6 is 0 Å². The van der Waals surface area contributed by atoms with Gasteiger partial charge in [-0.1, -0.05) is 18.7 Å². The first kappa shape index (κ1) is 25.1. The van der Waals surface area contributed by atoms with Crippen LogP contribution in [-0.4, -0.2) is 44.8 Å². The zero-order chi connectivity index (χ0) is 26.9. The van der Waals surface area contributed by atoms with Crippen molar-refractivity contribution in [3.63, 3.8) is 0 Å². The van der Waals surface area contributed by atoms with Crippen molar-refractivity contribution >= 4 is 28.4 Å². The molecule has 7 nitrogen and oxygen atoms in total. The van der Waals surface area contributed by atoms with Crippen molar-refractivity contribution in [2.75, 3.05) is 18.4 Å². The van der Waals surface area contributed by atoms with E-state index in [0.29, 0.717) is 13.1 Å². The molecule has 4 aromatic rings. The first-order valence-corrected chi connectivity index (χ1v) is 11.8. The molecule has 3 heterocycles. The van der Waals surface area contributed by atoms with Gasteiger partial charge in [0.15, 0.2) is 0 Å². The van der Waals surface area contributed by atoms with Crippen molar-refractivity contribution in [2.45, 2.75) is 18.5 Å². The molecule has 0 bridgehead atoms. The maximum Gasteiger partial charge on any atom is 0.416 e. The Kier molecular flexibility index (Phi) is 6.62. The van der Waals surface area contributed by atoms with Gasteiger partial charge in [0, 0.05) is 48.0 Å². The second kappa shape index (κ2) is 10.0. The van der Waals surface area contributed by atoms with E-state index in [4.69, 9.17) is 0 Å². The van der Waals surface area contributed by atoms with Gasteiger partial charge in [-0.25, -0.2) is 9.97 Å². The summed E-state index contributed by atoms with van der Waals surface area (Å²) in [6, 6.07) is 11.6. The lowest BCUT2D eigenvalue weighted by molar-refractivity contribution is -0.137. The van der Waals surface area contributed by atoms with Crippen molar-refractivity contribution < 1.29 is 22.8 Å². The molecule has 1 fully saturated rings. The van der Waals surface area contributed by atoms with Crippen molar-refractivity contribution in [3.8, 4) is 11.1 Å². The maximum atomic E-state index is 13.0. The average molecular weight is 518 g/mol. The molecule has 2 aromatic heterocycles. The van der Waals surface area contributed by atoms with E-state index in [1.165, 1.54) is 36.8 Å². The summed E-state index contributed by atoms with van der Waals surface area (Å²) >= 11 is 0. The van der Waals surface area contributed by atoms with Crippen LogP contribution in [0, 0.1) is 0 Å². The number of halogens is 3. The fourth-order valence-corrected chi connectivity index (χ4v) is 4.62. The van der Waals surface area contributed by atoms with E-state index in [1.807, 2.05) is 12.1 Å². The molecule has 5 rings (SSSR count). The summed E-state index contributed by atoms with van der Waals surface area (Å²) in [5.74, 6) is -0.645. The molecule has 0 aliphatic carbocycles. The van der Waals surface area contributed by atoms with Crippen molar-refractivity contribution in [1.29, 1.82) is 0 Å². The number of anilines is 1. The van der Waals surface area contributed by atoms with E-state index in [1.54, 1.807) is 17.2 Å². The number of hydrogen-bond donors (Lipinski definition) is 1. The fourth-order valence-electron chi connectivity index (χ4n) is 4.62. The average Bonchev–Trinajstić information content (AvgIpc) is 3.42. The van der Waals surface area contributed by atoms with Crippen LogP contribution in [0.1, 0.15) is 34.0 Å². The van der Waals surface area contributed by atoms with Crippen LogP contribution in [0.4, 0.5) is 18.9 Å². The smallest absolute Gasteiger partial charge is 0.339 e. The zero-order valence-electron chi connectivity index (χ0n) is 20.1. The van der Waals surface area contributed by atoms with Crippen molar-refractivity contribution in [2.24, 2.45) is 0 Å². The lowest BCUT2D eigenvalue weighted by Gasteiger charge is -2.17. The fraction of sp³-hybridized carbons (Fsp3) is 0.179. The molecule has 192 valence electrons. The van der Waals surface area contributed by atoms with Gasteiger partial charge >= 0.3 is 6.18 Å². The van der Waals surface area contributed by atoms with Crippen molar-refractivity contribution in [3.05, 3.63) is 96.7 Å². The zero-order valence-corrected chi connectivity index (χ0v) is 20.1. The molecule has 2 aromatic carbocycles. The van der Waals surface area contributed by atoms with Crippen LogP contribution < -0.4 is 5.32 Å². The number of rotatable bonds is 5. The van der Waals surface area contributed by atoms with E-state index < -0.39 is 17.6 Å². The summed E-state index contributed by atoms with van der Waals surface area (Å²) in [5.41, 5.74) is 2.62. The topological polar surface area (TPSA) is 88.1 Å². The summed E-state index contributed by atoms with van der Waals surface area (Å²) in [7, 11) is 0. The Morgan fingerprint density at radius 3 is 2.63 bits per heavy atom. The van der Waals surface area contributed by atoms with Crippen LogP contribution in [0.25, 0.3) is 22.0 Å². The van der Waals surface area contributed by atoms with E-state index in [9.17, 15) is 22.8 Å². The van der Waals surface area contributed by atoms with Crippen LogP contribution in [0.15, 0.2) is 79.9 Å². The third-order valence-electron chi connectivity index (χ3n) is 6.53. The van der Waals surface area contributed by atoms with Gasteiger partial charge in [-0.15, -0.1) is 0 Å². The molecule has 0 spiro atoms. The van der Waals surface area contributed by atoms with Gasteiger partial charge in [-0.2, -0.15) is 13.2 Å². The third-order valence-corrected chi connectivity index (χ3v) is 6.53. The van der Waals surface area contributed by atoms with Gasteiger partial charge in [0.25, 0.3) is 5.91 Å². The first-order chi connectivity index (χ1) is 18.2. The minimum atomic E-state index is -4.51. The molecule has 38 heavy (non-hydrogen) atoms. The second-order valence-corrected chi connectivity index (χ2v) is 8.96. The monoisotopic (exact) mass is 517 g/mol. The second-order valence-electron chi connectivity index (χ2n) is 8.96.